The number of carbonyl (C=O) groups excluding carboxylic acids is 1. The zero-order valence-corrected chi connectivity index (χ0v) is 23.6. The van der Waals surface area contributed by atoms with E-state index in [0.717, 1.165) is 23.4 Å². The molecule has 0 atom stereocenters. The van der Waals surface area contributed by atoms with E-state index < -0.39 is 36.7 Å². The van der Waals surface area contributed by atoms with Crippen molar-refractivity contribution in [3.63, 3.8) is 0 Å². The van der Waals surface area contributed by atoms with Crippen LogP contribution in [-0.2, 0) is 12.6 Å². The molecule has 0 aliphatic carbocycles. The molecule has 14 heteroatoms. The predicted molar refractivity (Wildman–Crippen MR) is 152 cm³/mol. The van der Waals surface area contributed by atoms with Crippen molar-refractivity contribution in [2.24, 2.45) is 0 Å². The van der Waals surface area contributed by atoms with Gasteiger partial charge in [-0.25, -0.2) is 18.7 Å². The molecule has 2 aromatic carbocycles. The number of alkyl halides is 5. The van der Waals surface area contributed by atoms with E-state index in [-0.39, 0.29) is 24.1 Å². The second-order valence-corrected chi connectivity index (χ2v) is 10.4. The Hall–Kier alpha value is -4.59. The molecule has 0 bridgehead atoms. The highest BCUT2D eigenvalue weighted by molar-refractivity contribution is 6.04. The fourth-order valence-electron chi connectivity index (χ4n) is 4.72. The lowest BCUT2D eigenvalue weighted by molar-refractivity contribution is -0.137. The zero-order valence-electron chi connectivity index (χ0n) is 23.6. The van der Waals surface area contributed by atoms with Crippen molar-refractivity contribution in [2.75, 3.05) is 42.6 Å². The van der Waals surface area contributed by atoms with Crippen LogP contribution in [0.3, 0.4) is 0 Å². The zero-order chi connectivity index (χ0) is 30.9. The summed E-state index contributed by atoms with van der Waals surface area (Å²) in [6.07, 6.45) is -3.19. The van der Waals surface area contributed by atoms with E-state index in [4.69, 9.17) is 0 Å². The molecule has 0 spiro atoms. The normalized spacial score (nSPS) is 14.7. The quantitative estimate of drug-likeness (QED) is 0.208. The summed E-state index contributed by atoms with van der Waals surface area (Å²) in [4.78, 5) is 23.0. The monoisotopic (exact) mass is 600 g/mol. The number of anilines is 4. The van der Waals surface area contributed by atoms with Crippen molar-refractivity contribution >= 4 is 28.9 Å². The van der Waals surface area contributed by atoms with Gasteiger partial charge < -0.3 is 16.0 Å². The minimum absolute atomic E-state index is 0.0914. The maximum atomic E-state index is 13.7. The Morgan fingerprint density at radius 3 is 2.49 bits per heavy atom. The molecular formula is C29H29F5N8O. The van der Waals surface area contributed by atoms with E-state index >= 15 is 0 Å². The fourth-order valence-corrected chi connectivity index (χ4v) is 4.72. The smallest absolute Gasteiger partial charge is 0.373 e. The minimum Gasteiger partial charge on any atom is -0.373 e. The summed E-state index contributed by atoms with van der Waals surface area (Å²) in [7, 11) is 1.74. The van der Waals surface area contributed by atoms with Crippen molar-refractivity contribution < 1.29 is 26.7 Å². The molecule has 0 radical (unpaired) electrons. The Morgan fingerprint density at radius 2 is 1.79 bits per heavy atom. The van der Waals surface area contributed by atoms with Gasteiger partial charge in [0.15, 0.2) is 5.82 Å². The number of hydrogen-bond acceptors (Lipinski definition) is 7. The van der Waals surface area contributed by atoms with Gasteiger partial charge >= 0.3 is 6.18 Å². The molecule has 0 saturated carbocycles. The van der Waals surface area contributed by atoms with E-state index in [1.165, 1.54) is 17.3 Å². The predicted octanol–water partition coefficient (Wildman–Crippen LogP) is 5.83. The van der Waals surface area contributed by atoms with Gasteiger partial charge in [-0.15, -0.1) is 0 Å². The molecule has 1 amide bonds. The fraction of sp³-hybridized carbons (Fsp3) is 0.310. The van der Waals surface area contributed by atoms with Crippen molar-refractivity contribution in [3.05, 3.63) is 82.8 Å². The van der Waals surface area contributed by atoms with Gasteiger partial charge in [0.2, 0.25) is 0 Å². The molecule has 3 heterocycles. The molecular weight excluding hydrogens is 571 g/mol. The van der Waals surface area contributed by atoms with Crippen LogP contribution in [0.25, 0.3) is 5.82 Å². The summed E-state index contributed by atoms with van der Waals surface area (Å²) in [6, 6.07) is 11.7. The summed E-state index contributed by atoms with van der Waals surface area (Å²) < 4.78 is 68.9. The van der Waals surface area contributed by atoms with Crippen LogP contribution < -0.4 is 16.0 Å². The summed E-state index contributed by atoms with van der Waals surface area (Å²) in [5.74, 6) is -1.80. The number of nitrogens with zero attached hydrogens (tertiary/aromatic N) is 5. The van der Waals surface area contributed by atoms with Crippen LogP contribution in [0.15, 0.2) is 54.9 Å². The Balaban J connectivity index is 1.36. The van der Waals surface area contributed by atoms with Gasteiger partial charge in [-0.2, -0.15) is 23.0 Å². The third-order valence-electron chi connectivity index (χ3n) is 6.92. The second-order valence-electron chi connectivity index (χ2n) is 10.4. The third kappa shape index (κ3) is 7.08. The summed E-state index contributed by atoms with van der Waals surface area (Å²) in [6.45, 7) is 2.98. The van der Waals surface area contributed by atoms with Gasteiger partial charge in [0.05, 0.1) is 24.3 Å². The second kappa shape index (κ2) is 11.6. The molecule has 5 rings (SSSR count). The first-order valence-electron chi connectivity index (χ1n) is 13.4. The highest BCUT2D eigenvalue weighted by Crippen LogP contribution is 2.32. The average molecular weight is 601 g/mol. The topological polar surface area (TPSA) is 100 Å². The number of halogens is 5. The number of likely N-dealkylation sites (tertiary alicyclic amines) is 1. The molecule has 4 aromatic rings. The van der Waals surface area contributed by atoms with Gasteiger partial charge in [0.25, 0.3) is 11.8 Å². The SMILES string of the molecule is CNc1cc(-n2nc(C)cc2Nc2cc(NC(=O)c3cc(CCN4CC(F)(F)C4)cc(C(F)(F)F)c3)ccc2C)ncn1. The Morgan fingerprint density at radius 1 is 1.02 bits per heavy atom. The standard InChI is InChI=1S/C29H29F5N8O/c1-17-4-5-22(12-23(17)39-26-8-18(2)40-42(26)25-13-24(35-3)36-16-37-25)38-27(43)20-9-19(10-21(11-20)29(32,33)34)6-7-41-14-28(30,31)15-41/h4-5,8-13,16,39H,6-7,14-15H2,1-3H3,(H,38,43)(H,35,36,37). The lowest BCUT2D eigenvalue weighted by Crippen LogP contribution is -2.56. The molecule has 3 N–H and O–H groups in total. The largest absolute Gasteiger partial charge is 0.416 e. The number of nitrogens with one attached hydrogen (secondary N) is 3. The van der Waals surface area contributed by atoms with Crippen LogP contribution in [0.4, 0.5) is 45.0 Å². The summed E-state index contributed by atoms with van der Waals surface area (Å²) in [5.41, 5.74) is 1.59. The summed E-state index contributed by atoms with van der Waals surface area (Å²) in [5, 5.41) is 13.4. The first kappa shape index (κ1) is 29.9. The minimum atomic E-state index is -4.69. The maximum absolute atomic E-state index is 13.7. The highest BCUT2D eigenvalue weighted by atomic mass is 19.4. The highest BCUT2D eigenvalue weighted by Gasteiger charge is 2.43. The van der Waals surface area contributed by atoms with Crippen LogP contribution in [0, 0.1) is 13.8 Å². The Bertz CT molecular complexity index is 1640. The van der Waals surface area contributed by atoms with Crippen LogP contribution in [0.1, 0.15) is 32.7 Å². The van der Waals surface area contributed by atoms with E-state index in [1.54, 1.807) is 36.0 Å². The van der Waals surface area contributed by atoms with Gasteiger partial charge in [-0.05, 0) is 61.7 Å². The van der Waals surface area contributed by atoms with Crippen LogP contribution in [0.5, 0.6) is 0 Å². The number of benzene rings is 2. The first-order chi connectivity index (χ1) is 20.3. The van der Waals surface area contributed by atoms with Gasteiger partial charge in [0, 0.05) is 42.7 Å². The molecule has 1 aliphatic heterocycles. The number of aryl methyl sites for hydroxylation is 2. The summed E-state index contributed by atoms with van der Waals surface area (Å²) >= 11 is 0. The lowest BCUT2D eigenvalue weighted by atomic mass is 10.0. The van der Waals surface area contributed by atoms with Gasteiger partial charge in [-0.3, -0.25) is 9.69 Å². The molecule has 43 heavy (non-hydrogen) atoms. The van der Waals surface area contributed by atoms with E-state index in [1.807, 2.05) is 19.9 Å². The Labute approximate surface area is 244 Å². The van der Waals surface area contributed by atoms with Crippen molar-refractivity contribution in [1.82, 2.24) is 24.6 Å². The van der Waals surface area contributed by atoms with E-state index in [9.17, 15) is 26.7 Å². The number of aromatic nitrogens is 4. The molecule has 0 unspecified atom stereocenters. The van der Waals surface area contributed by atoms with Crippen LogP contribution in [0.2, 0.25) is 0 Å². The van der Waals surface area contributed by atoms with Gasteiger partial charge in [0.1, 0.15) is 18.0 Å². The third-order valence-corrected chi connectivity index (χ3v) is 6.92. The van der Waals surface area contributed by atoms with Crippen LogP contribution >= 0.6 is 0 Å². The molecule has 1 saturated heterocycles. The van der Waals surface area contributed by atoms with E-state index in [0.29, 0.717) is 28.8 Å². The number of hydrogen-bond donors (Lipinski definition) is 3. The van der Waals surface area contributed by atoms with Crippen molar-refractivity contribution in [1.29, 1.82) is 0 Å². The molecule has 226 valence electrons. The van der Waals surface area contributed by atoms with Gasteiger partial charge in [-0.1, -0.05) is 6.07 Å². The first-order valence-corrected chi connectivity index (χ1v) is 13.4. The average Bonchev–Trinajstić information content (AvgIpc) is 3.31. The molecule has 1 fully saturated rings. The van der Waals surface area contributed by atoms with E-state index in [2.05, 4.69) is 31.0 Å². The number of rotatable bonds is 9. The van der Waals surface area contributed by atoms with Crippen LogP contribution in [-0.4, -0.2) is 63.2 Å². The molecule has 2 aromatic heterocycles. The number of carbonyl (C=O) groups is 1. The Kier molecular flexibility index (Phi) is 8.06. The lowest BCUT2D eigenvalue weighted by Gasteiger charge is -2.38. The maximum Gasteiger partial charge on any atom is 0.416 e. The number of amides is 1. The molecule has 1 aliphatic rings. The molecule has 9 nitrogen and oxygen atoms in total. The van der Waals surface area contributed by atoms with Crippen molar-refractivity contribution in [2.45, 2.75) is 32.4 Å². The van der Waals surface area contributed by atoms with Crippen molar-refractivity contribution in [3.8, 4) is 5.82 Å².